The lowest BCUT2D eigenvalue weighted by atomic mass is 10.0. The topological polar surface area (TPSA) is 99.3 Å². The van der Waals surface area contributed by atoms with Gasteiger partial charge in [-0.25, -0.2) is 0 Å². The molecule has 3 N–H and O–H groups in total. The molecule has 174 valence electrons. The van der Waals surface area contributed by atoms with Crippen molar-refractivity contribution in [2.75, 3.05) is 5.32 Å². The quantitative estimate of drug-likeness (QED) is 0.280. The molecule has 0 radical (unpaired) electrons. The summed E-state index contributed by atoms with van der Waals surface area (Å²) in [5.74, 6) is 0.222. The first-order valence-corrected chi connectivity index (χ1v) is 12.0. The van der Waals surface area contributed by atoms with E-state index in [0.29, 0.717) is 0 Å². The molecule has 36 heavy (non-hydrogen) atoms. The first-order valence-electron chi connectivity index (χ1n) is 12.0. The van der Waals surface area contributed by atoms with Gasteiger partial charge in [0.1, 0.15) is 5.69 Å². The average Bonchev–Trinajstić information content (AvgIpc) is 3.55. The molecule has 0 bridgehead atoms. The van der Waals surface area contributed by atoms with E-state index < -0.39 is 0 Å². The summed E-state index contributed by atoms with van der Waals surface area (Å²) in [6.07, 6.45) is 9.11. The number of carbonyl (C=O) groups excluding carboxylic acids is 1. The number of rotatable bonds is 5. The fraction of sp³-hybridized carbons (Fsp3) is 0.103. The minimum atomic E-state index is 0.0750. The van der Waals surface area contributed by atoms with Crippen molar-refractivity contribution < 1.29 is 4.79 Å². The standard InChI is InChI=1S/C29H22N6O/c36-29(17-6-7-17)32-21-11-20(15-31-16-21)18-8-9-26-24(12-18)28(35-34-26)27-13-23-22(4-1-5-25(23)33-27)19-3-2-10-30-14-19/h1-5,8-17,33H,6-7H2,(H,32,36)(H,34,35). The van der Waals surface area contributed by atoms with Gasteiger partial charge >= 0.3 is 0 Å². The van der Waals surface area contributed by atoms with Crippen molar-refractivity contribution >= 4 is 33.4 Å². The van der Waals surface area contributed by atoms with E-state index in [9.17, 15) is 4.79 Å². The zero-order valence-corrected chi connectivity index (χ0v) is 19.3. The van der Waals surface area contributed by atoms with E-state index in [1.54, 1.807) is 12.4 Å². The second kappa shape index (κ2) is 8.16. The first-order chi connectivity index (χ1) is 17.7. The minimum Gasteiger partial charge on any atom is -0.353 e. The summed E-state index contributed by atoms with van der Waals surface area (Å²) in [4.78, 5) is 24.4. The van der Waals surface area contributed by atoms with Crippen molar-refractivity contribution in [3.8, 4) is 33.6 Å². The number of H-pyrrole nitrogens is 2. The van der Waals surface area contributed by atoms with Gasteiger partial charge in [-0.15, -0.1) is 0 Å². The molecule has 4 aromatic heterocycles. The third-order valence-corrected chi connectivity index (χ3v) is 6.74. The summed E-state index contributed by atoms with van der Waals surface area (Å²) >= 11 is 0. The zero-order chi connectivity index (χ0) is 24.1. The van der Waals surface area contributed by atoms with Crippen molar-refractivity contribution in [1.82, 2.24) is 25.1 Å². The van der Waals surface area contributed by atoms with Crippen molar-refractivity contribution in [2.45, 2.75) is 12.8 Å². The third kappa shape index (κ3) is 3.62. The Bertz CT molecular complexity index is 1750. The number of aromatic nitrogens is 5. The Morgan fingerprint density at radius 2 is 1.75 bits per heavy atom. The van der Waals surface area contributed by atoms with Gasteiger partial charge in [0.25, 0.3) is 0 Å². The van der Waals surface area contributed by atoms with Crippen LogP contribution in [0.25, 0.3) is 55.4 Å². The molecule has 0 atom stereocenters. The molecular formula is C29H22N6O. The van der Waals surface area contributed by atoms with Gasteiger partial charge in [0.15, 0.2) is 0 Å². The number of anilines is 1. The van der Waals surface area contributed by atoms with E-state index in [1.807, 2.05) is 42.7 Å². The number of amides is 1. The summed E-state index contributed by atoms with van der Waals surface area (Å²) in [5, 5.41) is 12.9. The number of aromatic amines is 2. The van der Waals surface area contributed by atoms with Gasteiger partial charge in [0.05, 0.1) is 23.1 Å². The lowest BCUT2D eigenvalue weighted by molar-refractivity contribution is -0.117. The smallest absolute Gasteiger partial charge is 0.227 e. The molecule has 0 saturated heterocycles. The van der Waals surface area contributed by atoms with Crippen LogP contribution in [0, 0.1) is 5.92 Å². The van der Waals surface area contributed by atoms with Gasteiger partial charge in [-0.3, -0.25) is 19.9 Å². The molecule has 1 aliphatic rings. The van der Waals surface area contributed by atoms with E-state index in [-0.39, 0.29) is 11.8 Å². The Morgan fingerprint density at radius 1 is 0.833 bits per heavy atom. The highest BCUT2D eigenvalue weighted by Gasteiger charge is 2.29. The van der Waals surface area contributed by atoms with Crippen LogP contribution in [0.2, 0.25) is 0 Å². The molecular weight excluding hydrogens is 448 g/mol. The van der Waals surface area contributed by atoms with Crippen LogP contribution in [0.3, 0.4) is 0 Å². The van der Waals surface area contributed by atoms with Gasteiger partial charge in [-0.2, -0.15) is 5.10 Å². The van der Waals surface area contributed by atoms with Crippen molar-refractivity contribution in [3.05, 3.63) is 85.5 Å². The number of hydrogen-bond acceptors (Lipinski definition) is 4. The number of carbonyl (C=O) groups is 1. The highest BCUT2D eigenvalue weighted by atomic mass is 16.2. The number of nitrogens with one attached hydrogen (secondary N) is 3. The van der Waals surface area contributed by atoms with Gasteiger partial charge in [0, 0.05) is 51.9 Å². The predicted octanol–water partition coefficient (Wildman–Crippen LogP) is 6.18. The van der Waals surface area contributed by atoms with Gasteiger partial charge in [0.2, 0.25) is 5.91 Å². The van der Waals surface area contributed by atoms with E-state index in [0.717, 1.165) is 74.0 Å². The lowest BCUT2D eigenvalue weighted by Gasteiger charge is -2.07. The molecule has 7 heteroatoms. The number of benzene rings is 2. The SMILES string of the molecule is O=C(Nc1cncc(-c2ccc3[nH]nc(-c4cc5c(-c6cccnc6)cccc5[nH]4)c3c2)c1)C1CC1. The molecule has 2 aromatic carbocycles. The maximum absolute atomic E-state index is 12.2. The summed E-state index contributed by atoms with van der Waals surface area (Å²) in [7, 11) is 0. The monoisotopic (exact) mass is 470 g/mol. The van der Waals surface area contributed by atoms with Crippen LogP contribution in [0.4, 0.5) is 5.69 Å². The third-order valence-electron chi connectivity index (χ3n) is 6.74. The largest absolute Gasteiger partial charge is 0.353 e. The molecule has 7 nitrogen and oxygen atoms in total. The molecule has 1 fully saturated rings. The van der Waals surface area contributed by atoms with Crippen LogP contribution < -0.4 is 5.32 Å². The minimum absolute atomic E-state index is 0.0750. The van der Waals surface area contributed by atoms with E-state index in [1.165, 1.54) is 0 Å². The maximum atomic E-state index is 12.2. The first kappa shape index (κ1) is 20.6. The van der Waals surface area contributed by atoms with E-state index in [4.69, 9.17) is 0 Å². The molecule has 0 spiro atoms. The molecule has 1 aliphatic carbocycles. The Kier molecular flexibility index (Phi) is 4.67. The number of fused-ring (bicyclic) bond motifs is 2. The second-order valence-electron chi connectivity index (χ2n) is 9.25. The average molecular weight is 471 g/mol. The summed E-state index contributed by atoms with van der Waals surface area (Å²) in [6.45, 7) is 0. The molecule has 6 aromatic rings. The molecule has 0 unspecified atom stereocenters. The summed E-state index contributed by atoms with van der Waals surface area (Å²) in [6, 6.07) is 20.6. The van der Waals surface area contributed by atoms with Gasteiger partial charge in [-0.05, 0) is 60.4 Å². The Hall–Kier alpha value is -4.78. The molecule has 1 amide bonds. The second-order valence-corrected chi connectivity index (χ2v) is 9.25. The number of nitrogens with zero attached hydrogens (tertiary/aromatic N) is 3. The number of hydrogen-bond donors (Lipinski definition) is 3. The molecule has 1 saturated carbocycles. The molecule has 7 rings (SSSR count). The maximum Gasteiger partial charge on any atom is 0.227 e. The van der Waals surface area contributed by atoms with Gasteiger partial charge < -0.3 is 10.3 Å². The fourth-order valence-electron chi connectivity index (χ4n) is 4.71. The van der Waals surface area contributed by atoms with Crippen molar-refractivity contribution in [2.24, 2.45) is 5.92 Å². The van der Waals surface area contributed by atoms with Crippen LogP contribution in [0.1, 0.15) is 12.8 Å². The van der Waals surface area contributed by atoms with Crippen LogP contribution in [0.15, 0.2) is 85.5 Å². The summed E-state index contributed by atoms with van der Waals surface area (Å²) < 4.78 is 0. The summed E-state index contributed by atoms with van der Waals surface area (Å²) in [5.41, 5.74) is 8.65. The Labute approximate surface area is 206 Å². The van der Waals surface area contributed by atoms with E-state index >= 15 is 0 Å². The Morgan fingerprint density at radius 3 is 2.61 bits per heavy atom. The van der Waals surface area contributed by atoms with Crippen LogP contribution in [-0.4, -0.2) is 31.1 Å². The highest BCUT2D eigenvalue weighted by molar-refractivity contribution is 6.02. The fourth-order valence-corrected chi connectivity index (χ4v) is 4.71. The zero-order valence-electron chi connectivity index (χ0n) is 19.3. The van der Waals surface area contributed by atoms with Crippen molar-refractivity contribution in [1.29, 1.82) is 0 Å². The van der Waals surface area contributed by atoms with Crippen molar-refractivity contribution in [3.63, 3.8) is 0 Å². The van der Waals surface area contributed by atoms with E-state index in [2.05, 4.69) is 60.8 Å². The van der Waals surface area contributed by atoms with Gasteiger partial charge in [-0.1, -0.05) is 24.3 Å². The molecule has 0 aliphatic heterocycles. The molecule has 4 heterocycles. The predicted molar refractivity (Wildman–Crippen MR) is 141 cm³/mol. The van der Waals surface area contributed by atoms with Crippen LogP contribution in [-0.2, 0) is 4.79 Å². The lowest BCUT2D eigenvalue weighted by Crippen LogP contribution is -2.13. The number of pyridine rings is 2. The Balaban J connectivity index is 1.28. The normalized spacial score (nSPS) is 13.3. The van der Waals surface area contributed by atoms with Crippen LogP contribution >= 0.6 is 0 Å². The highest BCUT2D eigenvalue weighted by Crippen LogP contribution is 2.35. The van der Waals surface area contributed by atoms with Crippen LogP contribution in [0.5, 0.6) is 0 Å².